The fourth-order valence-electron chi connectivity index (χ4n) is 5.92. The molecule has 2 aromatic carbocycles. The molecule has 13 nitrogen and oxygen atoms in total. The highest BCUT2D eigenvalue weighted by molar-refractivity contribution is 5.93. The Kier molecular flexibility index (Phi) is 12.2. The lowest BCUT2D eigenvalue weighted by Crippen LogP contribution is -2.47. The second-order valence-corrected chi connectivity index (χ2v) is 13.1. The molecule has 2 heterocycles. The number of alkyl carbamates (subject to hydrolysis) is 1. The minimum absolute atomic E-state index is 0.0328. The van der Waals surface area contributed by atoms with Gasteiger partial charge in [0.1, 0.15) is 43.8 Å². The van der Waals surface area contributed by atoms with E-state index in [-0.39, 0.29) is 56.4 Å². The number of oxazole rings is 1. The van der Waals surface area contributed by atoms with E-state index in [2.05, 4.69) is 32.7 Å². The predicted octanol–water partition coefficient (Wildman–Crippen LogP) is 5.22. The molecule has 2 amide bonds. The van der Waals surface area contributed by atoms with Crippen LogP contribution >= 0.6 is 0 Å². The zero-order valence-corrected chi connectivity index (χ0v) is 29.3. The van der Waals surface area contributed by atoms with Gasteiger partial charge in [-0.05, 0) is 47.6 Å². The molecular weight excluding hydrogens is 656 g/mol. The Labute approximate surface area is 296 Å². The number of nitrogens with one attached hydrogen (secondary N) is 2. The molecule has 51 heavy (non-hydrogen) atoms. The van der Waals surface area contributed by atoms with Gasteiger partial charge in [0.2, 0.25) is 17.7 Å². The highest BCUT2D eigenvalue weighted by Gasteiger charge is 2.35. The second kappa shape index (κ2) is 17.0. The van der Waals surface area contributed by atoms with Crippen LogP contribution in [0.15, 0.2) is 76.4 Å². The van der Waals surface area contributed by atoms with Gasteiger partial charge in [0, 0.05) is 5.92 Å². The first-order valence-corrected chi connectivity index (χ1v) is 17.1. The number of esters is 1. The van der Waals surface area contributed by atoms with Crippen molar-refractivity contribution in [2.24, 2.45) is 10.9 Å². The van der Waals surface area contributed by atoms with Crippen LogP contribution in [0.3, 0.4) is 0 Å². The van der Waals surface area contributed by atoms with E-state index in [9.17, 15) is 19.2 Å². The third-order valence-electron chi connectivity index (χ3n) is 8.56. The van der Waals surface area contributed by atoms with E-state index in [0.717, 1.165) is 35.1 Å². The molecule has 0 saturated heterocycles. The first kappa shape index (κ1) is 36.8. The van der Waals surface area contributed by atoms with Gasteiger partial charge < -0.3 is 34.0 Å². The maximum atomic E-state index is 13.4. The molecule has 270 valence electrons. The van der Waals surface area contributed by atoms with E-state index in [0.29, 0.717) is 12.2 Å². The van der Waals surface area contributed by atoms with Crippen LogP contribution in [-0.4, -0.2) is 72.8 Å². The minimum Gasteiger partial charge on any atom is -0.474 e. The van der Waals surface area contributed by atoms with Crippen molar-refractivity contribution in [2.45, 2.75) is 77.1 Å². The molecule has 0 spiro atoms. The average Bonchev–Trinajstić information content (AvgIpc) is 3.84. The molecular formula is C38H44N4O9. The summed E-state index contributed by atoms with van der Waals surface area (Å²) in [6, 6.07) is 15.1. The summed E-state index contributed by atoms with van der Waals surface area (Å²) in [5, 5.41) is 5.41. The predicted molar refractivity (Wildman–Crippen MR) is 187 cm³/mol. The summed E-state index contributed by atoms with van der Waals surface area (Å²) >= 11 is 0. The molecule has 0 saturated carbocycles. The summed E-state index contributed by atoms with van der Waals surface area (Å²) in [6.07, 6.45) is 4.70. The molecule has 0 bridgehead atoms. The van der Waals surface area contributed by atoms with Gasteiger partial charge in [0.15, 0.2) is 5.69 Å². The van der Waals surface area contributed by atoms with Crippen LogP contribution < -0.4 is 10.6 Å². The highest BCUT2D eigenvalue weighted by Crippen LogP contribution is 2.44. The minimum atomic E-state index is -1.01. The quantitative estimate of drug-likeness (QED) is 0.0825. The molecule has 2 aliphatic rings. The van der Waals surface area contributed by atoms with Gasteiger partial charge in [0.25, 0.3) is 6.47 Å². The van der Waals surface area contributed by atoms with Crippen molar-refractivity contribution >= 4 is 30.3 Å². The number of rotatable bonds is 17. The van der Waals surface area contributed by atoms with E-state index in [1.54, 1.807) is 26.8 Å². The van der Waals surface area contributed by atoms with Gasteiger partial charge in [-0.15, -0.1) is 0 Å². The van der Waals surface area contributed by atoms with Gasteiger partial charge in [-0.1, -0.05) is 81.8 Å². The molecule has 1 aromatic heterocycles. The first-order valence-electron chi connectivity index (χ1n) is 17.1. The number of hydrogen-bond donors (Lipinski definition) is 2. The molecule has 3 atom stereocenters. The summed E-state index contributed by atoms with van der Waals surface area (Å²) in [5.74, 6) is -1.09. The number of carbonyl (C=O) groups excluding carboxylic acids is 4. The number of unbranched alkanes of at least 4 members (excludes halogenated alkanes) is 1. The van der Waals surface area contributed by atoms with Crippen LogP contribution in [0.1, 0.15) is 75.6 Å². The van der Waals surface area contributed by atoms with Gasteiger partial charge in [-0.2, -0.15) is 0 Å². The van der Waals surface area contributed by atoms with E-state index in [4.69, 9.17) is 23.4 Å². The van der Waals surface area contributed by atoms with E-state index < -0.39 is 35.7 Å². The lowest BCUT2D eigenvalue weighted by molar-refractivity contribution is -0.151. The largest absolute Gasteiger partial charge is 0.474 e. The van der Waals surface area contributed by atoms with Crippen molar-refractivity contribution in [1.82, 2.24) is 15.6 Å². The Bertz CT molecular complexity index is 1720. The van der Waals surface area contributed by atoms with Crippen molar-refractivity contribution in [1.29, 1.82) is 0 Å². The van der Waals surface area contributed by atoms with Crippen LogP contribution in [0.4, 0.5) is 4.79 Å². The standard InChI is InChI=1S/C38H44N4O9/c1-5-6-7-12-25(17-32(44)39-18-33-40-31(20-48-33)35-42-38(4,22-50-35)21-47-23-43)51-36(45)34(24(2)3)41-37(46)49-19-30-28-15-10-8-13-26(28)27-14-9-11-16-29(27)30/h7-16,20,23-25,30,34H,5-6,17-19,21-22H2,1-4H3,(H,39,44)(H,41,46)/b12-7+/t25-,34?,38-/m1/s1. The molecule has 5 rings (SSSR count). The van der Waals surface area contributed by atoms with Crippen LogP contribution in [0.2, 0.25) is 0 Å². The number of carbonyl (C=O) groups is 4. The molecule has 1 aliphatic carbocycles. The fourth-order valence-corrected chi connectivity index (χ4v) is 5.92. The van der Waals surface area contributed by atoms with Crippen molar-refractivity contribution in [3.05, 3.63) is 89.7 Å². The molecule has 0 fully saturated rings. The third kappa shape index (κ3) is 9.41. The van der Waals surface area contributed by atoms with E-state index in [1.165, 1.54) is 6.26 Å². The van der Waals surface area contributed by atoms with E-state index in [1.807, 2.05) is 49.4 Å². The van der Waals surface area contributed by atoms with Crippen molar-refractivity contribution < 1.29 is 42.5 Å². The third-order valence-corrected chi connectivity index (χ3v) is 8.56. The Balaban J connectivity index is 1.15. The number of aromatic nitrogens is 1. The van der Waals surface area contributed by atoms with Gasteiger partial charge in [0.05, 0.1) is 13.0 Å². The van der Waals surface area contributed by atoms with Crippen molar-refractivity contribution in [3.8, 4) is 11.1 Å². The lowest BCUT2D eigenvalue weighted by Gasteiger charge is -2.23. The molecule has 0 radical (unpaired) electrons. The number of allylic oxidation sites excluding steroid dienone is 1. The summed E-state index contributed by atoms with van der Waals surface area (Å²) in [4.78, 5) is 58.7. The van der Waals surface area contributed by atoms with Crippen LogP contribution in [0.5, 0.6) is 0 Å². The Morgan fingerprint density at radius 3 is 2.45 bits per heavy atom. The summed E-state index contributed by atoms with van der Waals surface area (Å²) in [7, 11) is 0. The SMILES string of the molecule is CCC/C=C/[C@H](CC(=O)NCc1nc(C2=N[C@](C)(COC=O)CO2)co1)OC(=O)C(NC(=O)OCC1c2ccccc2-c2ccccc21)C(C)C. The molecule has 1 unspecified atom stereocenters. The Hall–Kier alpha value is -5.46. The monoisotopic (exact) mass is 700 g/mol. The number of hydrogen-bond acceptors (Lipinski definition) is 11. The van der Waals surface area contributed by atoms with Gasteiger partial charge >= 0.3 is 12.1 Å². The van der Waals surface area contributed by atoms with E-state index >= 15 is 0 Å². The second-order valence-electron chi connectivity index (χ2n) is 13.1. The number of aliphatic imine (C=N–C) groups is 1. The highest BCUT2D eigenvalue weighted by atomic mass is 16.6. The lowest BCUT2D eigenvalue weighted by atomic mass is 9.98. The zero-order valence-electron chi connectivity index (χ0n) is 29.3. The molecule has 2 N–H and O–H groups in total. The number of benzene rings is 2. The van der Waals surface area contributed by atoms with Crippen molar-refractivity contribution in [3.63, 3.8) is 0 Å². The van der Waals surface area contributed by atoms with Crippen LogP contribution in [0, 0.1) is 5.92 Å². The Morgan fingerprint density at radius 1 is 1.08 bits per heavy atom. The summed E-state index contributed by atoms with van der Waals surface area (Å²) < 4.78 is 27.4. The van der Waals surface area contributed by atoms with Crippen molar-refractivity contribution in [2.75, 3.05) is 19.8 Å². The fraction of sp³-hybridized carbons (Fsp3) is 0.421. The molecule has 1 aliphatic heterocycles. The maximum absolute atomic E-state index is 13.4. The number of amides is 2. The van der Waals surface area contributed by atoms with Crippen LogP contribution in [-0.2, 0) is 39.9 Å². The Morgan fingerprint density at radius 2 is 1.78 bits per heavy atom. The number of fused-ring (bicyclic) bond motifs is 3. The zero-order chi connectivity index (χ0) is 36.4. The number of nitrogens with zero attached hydrogens (tertiary/aromatic N) is 2. The first-order chi connectivity index (χ1) is 24.6. The summed E-state index contributed by atoms with van der Waals surface area (Å²) in [6.45, 7) is 8.06. The smallest absolute Gasteiger partial charge is 0.407 e. The van der Waals surface area contributed by atoms with Gasteiger partial charge in [-0.25, -0.2) is 19.6 Å². The van der Waals surface area contributed by atoms with Gasteiger partial charge in [-0.3, -0.25) is 9.59 Å². The summed E-state index contributed by atoms with van der Waals surface area (Å²) in [5.41, 5.74) is 3.99. The van der Waals surface area contributed by atoms with Crippen LogP contribution in [0.25, 0.3) is 11.1 Å². The molecule has 3 aromatic rings. The molecule has 13 heteroatoms. The normalized spacial score (nSPS) is 17.5. The topological polar surface area (TPSA) is 168 Å². The maximum Gasteiger partial charge on any atom is 0.407 e. The number of ether oxygens (including phenoxy) is 4. The average molecular weight is 701 g/mol.